The van der Waals surface area contributed by atoms with Gasteiger partial charge in [-0.15, -0.1) is 0 Å². The molecule has 0 bridgehead atoms. The number of nitrogens with zero attached hydrogens (tertiary/aromatic N) is 2. The number of anilines is 1. The Morgan fingerprint density at radius 3 is 3.05 bits per heavy atom. The minimum Gasteiger partial charge on any atom is -0.469 e. The van der Waals surface area contributed by atoms with Crippen LogP contribution in [0, 0.1) is 11.3 Å². The van der Waals surface area contributed by atoms with Gasteiger partial charge >= 0.3 is 0 Å². The number of aromatic nitrogens is 1. The van der Waals surface area contributed by atoms with Crippen molar-refractivity contribution in [2.24, 2.45) is 0 Å². The van der Waals surface area contributed by atoms with Gasteiger partial charge in [-0.3, -0.25) is 0 Å². The maximum atomic E-state index is 9.34. The number of rotatable bonds is 4. The van der Waals surface area contributed by atoms with Crippen molar-refractivity contribution in [3.8, 4) is 6.07 Å². The predicted octanol–water partition coefficient (Wildman–Crippen LogP) is 3.47. The Morgan fingerprint density at radius 1 is 1.43 bits per heavy atom. The van der Waals surface area contributed by atoms with E-state index in [1.54, 1.807) is 6.26 Å². The summed E-state index contributed by atoms with van der Waals surface area (Å²) >= 11 is 0. The fourth-order valence-corrected chi connectivity index (χ4v) is 2.84. The number of nitriles is 1. The minimum absolute atomic E-state index is 0.164. The van der Waals surface area contributed by atoms with Crippen LogP contribution in [0.3, 0.4) is 0 Å². The molecule has 2 aromatic heterocycles. The second-order valence-corrected chi connectivity index (χ2v) is 5.64. The van der Waals surface area contributed by atoms with E-state index in [-0.39, 0.29) is 6.04 Å². The standard InChI is InChI=1S/C17H19N3O/c1-12(9-15-6-4-8-21-15)19-17-14(11-18)10-13-5-2-3-7-16(13)20-17/h4,6,8,10,12H,2-3,5,7,9H2,1H3,(H,19,20). The lowest BCUT2D eigenvalue weighted by atomic mass is 9.95. The molecule has 1 atom stereocenters. The maximum Gasteiger partial charge on any atom is 0.144 e. The van der Waals surface area contributed by atoms with Crippen LogP contribution in [-0.2, 0) is 19.3 Å². The van der Waals surface area contributed by atoms with Crippen LogP contribution in [0.1, 0.15) is 42.3 Å². The van der Waals surface area contributed by atoms with Crippen LogP contribution in [0.15, 0.2) is 28.9 Å². The van der Waals surface area contributed by atoms with Crippen LogP contribution >= 0.6 is 0 Å². The van der Waals surface area contributed by atoms with E-state index < -0.39 is 0 Å². The fourth-order valence-electron chi connectivity index (χ4n) is 2.84. The summed E-state index contributed by atoms with van der Waals surface area (Å²) in [4.78, 5) is 4.69. The lowest BCUT2D eigenvalue weighted by Gasteiger charge is -2.19. The zero-order valence-corrected chi connectivity index (χ0v) is 12.2. The molecule has 0 spiro atoms. The van der Waals surface area contributed by atoms with Crippen molar-refractivity contribution in [1.82, 2.24) is 4.98 Å². The molecule has 0 aromatic carbocycles. The summed E-state index contributed by atoms with van der Waals surface area (Å²) in [6.07, 6.45) is 6.90. The molecule has 0 aliphatic heterocycles. The van der Waals surface area contributed by atoms with Crippen molar-refractivity contribution in [2.75, 3.05) is 5.32 Å². The molecule has 108 valence electrons. The average molecular weight is 281 g/mol. The Morgan fingerprint density at radius 2 is 2.29 bits per heavy atom. The van der Waals surface area contributed by atoms with Gasteiger partial charge in [0.25, 0.3) is 0 Å². The highest BCUT2D eigenvalue weighted by atomic mass is 16.3. The molecule has 4 heteroatoms. The first-order valence-corrected chi connectivity index (χ1v) is 7.48. The number of nitrogens with one attached hydrogen (secondary N) is 1. The molecule has 1 aliphatic rings. The van der Waals surface area contributed by atoms with Gasteiger partial charge in [0.05, 0.1) is 11.8 Å². The zero-order valence-electron chi connectivity index (χ0n) is 12.2. The van der Waals surface area contributed by atoms with Crippen LogP contribution < -0.4 is 5.32 Å². The van der Waals surface area contributed by atoms with Crippen LogP contribution in [0.5, 0.6) is 0 Å². The molecule has 0 fully saturated rings. The first-order chi connectivity index (χ1) is 10.3. The number of fused-ring (bicyclic) bond motifs is 1. The third-order valence-electron chi connectivity index (χ3n) is 3.89. The van der Waals surface area contributed by atoms with Gasteiger partial charge in [0.1, 0.15) is 17.6 Å². The number of aryl methyl sites for hydroxylation is 2. The maximum absolute atomic E-state index is 9.34. The molecular weight excluding hydrogens is 262 g/mol. The highest BCUT2D eigenvalue weighted by Crippen LogP contribution is 2.25. The molecule has 1 N–H and O–H groups in total. The molecule has 2 heterocycles. The van der Waals surface area contributed by atoms with Gasteiger partial charge in [-0.1, -0.05) is 0 Å². The van der Waals surface area contributed by atoms with Gasteiger partial charge in [0.2, 0.25) is 0 Å². The molecule has 3 rings (SSSR count). The summed E-state index contributed by atoms with van der Waals surface area (Å²) in [5.41, 5.74) is 3.02. The predicted molar refractivity (Wildman–Crippen MR) is 81.1 cm³/mol. The van der Waals surface area contributed by atoms with Crippen molar-refractivity contribution < 1.29 is 4.42 Å². The summed E-state index contributed by atoms with van der Waals surface area (Å²) in [6, 6.07) is 8.28. The van der Waals surface area contributed by atoms with E-state index in [2.05, 4.69) is 23.3 Å². The summed E-state index contributed by atoms with van der Waals surface area (Å²) < 4.78 is 5.36. The van der Waals surface area contributed by atoms with Crippen molar-refractivity contribution >= 4 is 5.82 Å². The van der Waals surface area contributed by atoms with E-state index in [0.717, 1.165) is 30.7 Å². The van der Waals surface area contributed by atoms with Crippen molar-refractivity contribution in [3.63, 3.8) is 0 Å². The first kappa shape index (κ1) is 13.7. The van der Waals surface area contributed by atoms with Crippen LogP contribution in [0.25, 0.3) is 0 Å². The van der Waals surface area contributed by atoms with Crippen molar-refractivity contribution in [3.05, 3.63) is 47.0 Å². The first-order valence-electron chi connectivity index (χ1n) is 7.48. The normalized spacial score (nSPS) is 15.0. The lowest BCUT2D eigenvalue weighted by Crippen LogP contribution is -2.20. The lowest BCUT2D eigenvalue weighted by molar-refractivity contribution is 0.497. The molecular formula is C17H19N3O. The highest BCUT2D eigenvalue weighted by molar-refractivity contribution is 5.55. The summed E-state index contributed by atoms with van der Waals surface area (Å²) in [5.74, 6) is 1.64. The van der Waals surface area contributed by atoms with Gasteiger partial charge in [-0.25, -0.2) is 4.98 Å². The van der Waals surface area contributed by atoms with Crippen LogP contribution in [-0.4, -0.2) is 11.0 Å². The molecule has 0 amide bonds. The number of pyridine rings is 1. The third-order valence-corrected chi connectivity index (χ3v) is 3.89. The molecule has 2 aromatic rings. The Hall–Kier alpha value is -2.28. The SMILES string of the molecule is CC(Cc1ccco1)Nc1nc2c(cc1C#N)CCCC2. The smallest absolute Gasteiger partial charge is 0.144 e. The topological polar surface area (TPSA) is 61.9 Å². The Labute approximate surface area is 124 Å². The van der Waals surface area contributed by atoms with Gasteiger partial charge in [0.15, 0.2) is 0 Å². The van der Waals surface area contributed by atoms with Crippen LogP contribution in [0.2, 0.25) is 0 Å². The van der Waals surface area contributed by atoms with Crippen molar-refractivity contribution in [1.29, 1.82) is 5.26 Å². The summed E-state index contributed by atoms with van der Waals surface area (Å²) in [5, 5.41) is 12.7. The fraction of sp³-hybridized carbons (Fsp3) is 0.412. The van der Waals surface area contributed by atoms with E-state index in [0.29, 0.717) is 11.4 Å². The molecule has 21 heavy (non-hydrogen) atoms. The zero-order chi connectivity index (χ0) is 14.7. The molecule has 1 unspecified atom stereocenters. The minimum atomic E-state index is 0.164. The number of furan rings is 1. The van der Waals surface area contributed by atoms with E-state index in [1.807, 2.05) is 18.2 Å². The van der Waals surface area contributed by atoms with Gasteiger partial charge < -0.3 is 9.73 Å². The summed E-state index contributed by atoms with van der Waals surface area (Å²) in [6.45, 7) is 2.07. The number of hydrogen-bond acceptors (Lipinski definition) is 4. The Bertz CT molecular complexity index is 655. The Kier molecular flexibility index (Phi) is 3.92. The van der Waals surface area contributed by atoms with Gasteiger partial charge in [-0.2, -0.15) is 5.26 Å². The molecule has 4 nitrogen and oxygen atoms in total. The molecule has 0 saturated carbocycles. The van der Waals surface area contributed by atoms with E-state index >= 15 is 0 Å². The monoisotopic (exact) mass is 281 g/mol. The quantitative estimate of drug-likeness (QED) is 0.932. The molecule has 1 aliphatic carbocycles. The largest absolute Gasteiger partial charge is 0.469 e. The Balaban J connectivity index is 1.79. The average Bonchev–Trinajstić information content (AvgIpc) is 2.99. The molecule has 0 saturated heterocycles. The van der Waals surface area contributed by atoms with Gasteiger partial charge in [0, 0.05) is 18.2 Å². The van der Waals surface area contributed by atoms with E-state index in [4.69, 9.17) is 4.42 Å². The molecule has 0 radical (unpaired) electrons. The van der Waals surface area contributed by atoms with Crippen molar-refractivity contribution in [2.45, 2.75) is 45.1 Å². The number of hydrogen-bond donors (Lipinski definition) is 1. The van der Waals surface area contributed by atoms with Crippen LogP contribution in [0.4, 0.5) is 5.82 Å². The highest BCUT2D eigenvalue weighted by Gasteiger charge is 2.16. The second-order valence-electron chi connectivity index (χ2n) is 5.64. The van der Waals surface area contributed by atoms with E-state index in [9.17, 15) is 5.26 Å². The third kappa shape index (κ3) is 3.08. The second kappa shape index (κ2) is 6.01. The van der Waals surface area contributed by atoms with Gasteiger partial charge in [-0.05, 0) is 56.4 Å². The summed E-state index contributed by atoms with van der Waals surface area (Å²) in [7, 11) is 0. The van der Waals surface area contributed by atoms with E-state index in [1.165, 1.54) is 18.4 Å².